The summed E-state index contributed by atoms with van der Waals surface area (Å²) in [5.74, 6) is 0.0902. The topological polar surface area (TPSA) is 37.3 Å². The highest BCUT2D eigenvalue weighted by Gasteiger charge is 2.41. The van der Waals surface area contributed by atoms with E-state index in [0.29, 0.717) is 12.3 Å². The summed E-state index contributed by atoms with van der Waals surface area (Å²) in [6.45, 7) is 2.24. The third kappa shape index (κ3) is 2.48. The second-order valence-corrected chi connectivity index (χ2v) is 6.90. The lowest BCUT2D eigenvalue weighted by molar-refractivity contribution is -0.151. The fourth-order valence-electron chi connectivity index (χ4n) is 3.91. The van der Waals surface area contributed by atoms with Crippen molar-refractivity contribution in [1.29, 1.82) is 0 Å². The smallest absolute Gasteiger partial charge is 0.309 e. The van der Waals surface area contributed by atoms with E-state index >= 15 is 0 Å². The molecule has 1 aromatic rings. The molecule has 3 rings (SSSR count). The third-order valence-electron chi connectivity index (χ3n) is 5.39. The highest BCUT2D eigenvalue weighted by atomic mass is 16.4. The fraction of sp³-hybridized carbons (Fsp3) is 0.611. The van der Waals surface area contributed by atoms with Gasteiger partial charge in [0.05, 0.1) is 5.41 Å². The van der Waals surface area contributed by atoms with Crippen LogP contribution in [0.4, 0.5) is 0 Å². The Labute approximate surface area is 121 Å². The monoisotopic (exact) mass is 272 g/mol. The summed E-state index contributed by atoms with van der Waals surface area (Å²) < 4.78 is 0. The summed E-state index contributed by atoms with van der Waals surface area (Å²) >= 11 is 0. The van der Waals surface area contributed by atoms with Crippen molar-refractivity contribution in [3.8, 4) is 0 Å². The van der Waals surface area contributed by atoms with Gasteiger partial charge in [-0.2, -0.15) is 0 Å². The zero-order valence-corrected chi connectivity index (χ0v) is 12.3. The van der Waals surface area contributed by atoms with Gasteiger partial charge in [-0.3, -0.25) is 4.79 Å². The average molecular weight is 272 g/mol. The van der Waals surface area contributed by atoms with E-state index in [-0.39, 0.29) is 0 Å². The Morgan fingerprint density at radius 3 is 2.65 bits per heavy atom. The predicted octanol–water partition coefficient (Wildman–Crippen LogP) is 4.00. The van der Waals surface area contributed by atoms with Gasteiger partial charge in [0, 0.05) is 0 Å². The van der Waals surface area contributed by atoms with E-state index in [4.69, 9.17) is 0 Å². The Balaban J connectivity index is 1.82. The van der Waals surface area contributed by atoms with Crippen LogP contribution in [0, 0.1) is 11.3 Å². The summed E-state index contributed by atoms with van der Waals surface area (Å²) in [7, 11) is 0. The van der Waals surface area contributed by atoms with Crippen molar-refractivity contribution in [3.05, 3.63) is 34.9 Å². The molecule has 108 valence electrons. The average Bonchev–Trinajstić information content (AvgIpc) is 2.89. The normalized spacial score (nSPS) is 29.1. The Morgan fingerprint density at radius 2 is 1.95 bits per heavy atom. The maximum Gasteiger partial charge on any atom is 0.309 e. The number of hydrogen-bond acceptors (Lipinski definition) is 1. The summed E-state index contributed by atoms with van der Waals surface area (Å²) in [5, 5.41) is 9.73. The molecule has 0 amide bonds. The van der Waals surface area contributed by atoms with Crippen LogP contribution < -0.4 is 0 Å². The SMILES string of the molecule is CC1CCC(Cc2ccc3c(c2)CCC3)(C(=O)O)CC1. The van der Waals surface area contributed by atoms with Crippen molar-refractivity contribution in [3.63, 3.8) is 0 Å². The number of carboxylic acids is 1. The van der Waals surface area contributed by atoms with E-state index in [9.17, 15) is 9.90 Å². The predicted molar refractivity (Wildman–Crippen MR) is 79.9 cm³/mol. The number of carbonyl (C=O) groups is 1. The van der Waals surface area contributed by atoms with Crippen LogP contribution in [0.3, 0.4) is 0 Å². The first-order valence-electron chi connectivity index (χ1n) is 7.93. The molecule has 0 atom stereocenters. The minimum absolute atomic E-state index is 0.515. The quantitative estimate of drug-likeness (QED) is 0.903. The molecule has 0 saturated heterocycles. The zero-order chi connectivity index (χ0) is 14.2. The van der Waals surface area contributed by atoms with Gasteiger partial charge < -0.3 is 5.11 Å². The van der Waals surface area contributed by atoms with Crippen LogP contribution >= 0.6 is 0 Å². The molecule has 1 N–H and O–H groups in total. The van der Waals surface area contributed by atoms with Crippen LogP contribution in [0.1, 0.15) is 55.7 Å². The van der Waals surface area contributed by atoms with Crippen LogP contribution in [-0.4, -0.2) is 11.1 Å². The highest BCUT2D eigenvalue weighted by molar-refractivity contribution is 5.75. The van der Waals surface area contributed by atoms with E-state index in [1.807, 2.05) is 0 Å². The Kier molecular flexibility index (Phi) is 3.57. The van der Waals surface area contributed by atoms with Crippen molar-refractivity contribution in [2.24, 2.45) is 11.3 Å². The number of hydrogen-bond donors (Lipinski definition) is 1. The third-order valence-corrected chi connectivity index (χ3v) is 5.39. The second-order valence-electron chi connectivity index (χ2n) is 6.90. The Morgan fingerprint density at radius 1 is 1.25 bits per heavy atom. The van der Waals surface area contributed by atoms with Gasteiger partial charge in [-0.15, -0.1) is 0 Å². The summed E-state index contributed by atoms with van der Waals surface area (Å²) in [6.07, 6.45) is 8.09. The largest absolute Gasteiger partial charge is 0.481 e. The molecule has 0 bridgehead atoms. The Bertz CT molecular complexity index is 510. The lowest BCUT2D eigenvalue weighted by Crippen LogP contribution is -2.37. The molecule has 2 aliphatic rings. The van der Waals surface area contributed by atoms with E-state index in [1.54, 1.807) is 0 Å². The molecule has 0 heterocycles. The molecule has 1 fully saturated rings. The van der Waals surface area contributed by atoms with Gasteiger partial charge in [0.2, 0.25) is 0 Å². The van der Waals surface area contributed by atoms with Crippen LogP contribution in [0.25, 0.3) is 0 Å². The lowest BCUT2D eigenvalue weighted by Gasteiger charge is -2.36. The minimum atomic E-state index is -0.593. The summed E-state index contributed by atoms with van der Waals surface area (Å²) in [6, 6.07) is 6.65. The highest BCUT2D eigenvalue weighted by Crippen LogP contribution is 2.42. The molecule has 0 unspecified atom stereocenters. The summed E-state index contributed by atoms with van der Waals surface area (Å²) in [4.78, 5) is 11.8. The van der Waals surface area contributed by atoms with Crippen LogP contribution in [0.2, 0.25) is 0 Å². The molecule has 2 heteroatoms. The van der Waals surface area contributed by atoms with Gasteiger partial charge in [-0.25, -0.2) is 0 Å². The first-order chi connectivity index (χ1) is 9.59. The van der Waals surface area contributed by atoms with Gasteiger partial charge in [0.25, 0.3) is 0 Å². The van der Waals surface area contributed by atoms with Crippen molar-refractivity contribution >= 4 is 5.97 Å². The molecule has 20 heavy (non-hydrogen) atoms. The summed E-state index contributed by atoms with van der Waals surface area (Å²) in [5.41, 5.74) is 3.63. The molecule has 1 aromatic carbocycles. The number of rotatable bonds is 3. The Hall–Kier alpha value is -1.31. The maximum absolute atomic E-state index is 11.8. The molecular formula is C18H24O2. The molecule has 0 aliphatic heterocycles. The second kappa shape index (κ2) is 5.23. The molecule has 2 nitrogen and oxygen atoms in total. The van der Waals surface area contributed by atoms with Gasteiger partial charge in [-0.1, -0.05) is 25.1 Å². The zero-order valence-electron chi connectivity index (χ0n) is 12.3. The molecule has 0 aromatic heterocycles. The molecule has 1 saturated carbocycles. The number of aliphatic carboxylic acids is 1. The van der Waals surface area contributed by atoms with Crippen LogP contribution in [0.5, 0.6) is 0 Å². The number of fused-ring (bicyclic) bond motifs is 1. The fourth-order valence-corrected chi connectivity index (χ4v) is 3.91. The van der Waals surface area contributed by atoms with Crippen molar-refractivity contribution in [1.82, 2.24) is 0 Å². The molecule has 2 aliphatic carbocycles. The van der Waals surface area contributed by atoms with Crippen molar-refractivity contribution in [2.45, 2.75) is 58.3 Å². The van der Waals surface area contributed by atoms with E-state index in [0.717, 1.165) is 25.7 Å². The molecule has 0 radical (unpaired) electrons. The van der Waals surface area contributed by atoms with Crippen molar-refractivity contribution < 1.29 is 9.90 Å². The molecular weight excluding hydrogens is 248 g/mol. The van der Waals surface area contributed by atoms with Gasteiger partial charge in [-0.05, 0) is 74.0 Å². The minimum Gasteiger partial charge on any atom is -0.481 e. The first kappa shape index (κ1) is 13.7. The number of carboxylic acid groups (broad SMARTS) is 1. The standard InChI is InChI=1S/C18H24O2/c1-13-7-9-18(10-8-13,17(19)20)12-14-5-6-15-3-2-4-16(15)11-14/h5-6,11,13H,2-4,7-10,12H2,1H3,(H,19,20). The lowest BCUT2D eigenvalue weighted by atomic mass is 9.67. The van der Waals surface area contributed by atoms with E-state index in [2.05, 4.69) is 25.1 Å². The number of aryl methyl sites for hydroxylation is 2. The van der Waals surface area contributed by atoms with E-state index < -0.39 is 11.4 Å². The van der Waals surface area contributed by atoms with Gasteiger partial charge >= 0.3 is 5.97 Å². The van der Waals surface area contributed by atoms with Crippen LogP contribution in [0.15, 0.2) is 18.2 Å². The van der Waals surface area contributed by atoms with E-state index in [1.165, 1.54) is 36.0 Å². The first-order valence-corrected chi connectivity index (χ1v) is 7.93. The molecule has 0 spiro atoms. The maximum atomic E-state index is 11.8. The van der Waals surface area contributed by atoms with Gasteiger partial charge in [0.15, 0.2) is 0 Å². The van der Waals surface area contributed by atoms with Crippen molar-refractivity contribution in [2.75, 3.05) is 0 Å². The van der Waals surface area contributed by atoms with Gasteiger partial charge in [0.1, 0.15) is 0 Å². The number of benzene rings is 1. The van der Waals surface area contributed by atoms with Crippen LogP contribution in [-0.2, 0) is 24.1 Å².